The van der Waals surface area contributed by atoms with E-state index >= 15 is 0 Å². The highest BCUT2D eigenvalue weighted by Crippen LogP contribution is 2.21. The van der Waals surface area contributed by atoms with Gasteiger partial charge in [-0.3, -0.25) is 9.59 Å². The Balaban J connectivity index is 2.35. The first kappa shape index (κ1) is 23.2. The van der Waals surface area contributed by atoms with E-state index in [1.807, 2.05) is 26.8 Å². The number of carbonyl (C=O) groups is 2. The fourth-order valence-electron chi connectivity index (χ4n) is 3.47. The number of hydrogen-bond donors (Lipinski definition) is 1. The summed E-state index contributed by atoms with van der Waals surface area (Å²) in [6.07, 6.45) is 3.54. The summed E-state index contributed by atoms with van der Waals surface area (Å²) in [5, 5.41) is 0. The molecule has 0 aliphatic carbocycles. The van der Waals surface area contributed by atoms with Crippen molar-refractivity contribution >= 4 is 17.5 Å². The first-order valence-electron chi connectivity index (χ1n) is 10.4. The summed E-state index contributed by atoms with van der Waals surface area (Å²) in [7, 11) is 0. The van der Waals surface area contributed by atoms with Gasteiger partial charge in [0.1, 0.15) is 5.82 Å². The van der Waals surface area contributed by atoms with Gasteiger partial charge in [0, 0.05) is 23.2 Å². The fraction of sp³-hybridized carbons (Fsp3) is 0.360. The Labute approximate surface area is 178 Å². The van der Waals surface area contributed by atoms with Gasteiger partial charge in [0.15, 0.2) is 0 Å². The predicted octanol–water partition coefficient (Wildman–Crippen LogP) is 4.62. The van der Waals surface area contributed by atoms with Gasteiger partial charge in [0.2, 0.25) is 11.8 Å². The number of rotatable bonds is 8. The molecule has 0 aromatic heterocycles. The molecule has 0 spiro atoms. The van der Waals surface area contributed by atoms with Crippen LogP contribution in [-0.4, -0.2) is 18.4 Å². The summed E-state index contributed by atoms with van der Waals surface area (Å²) in [5.41, 5.74) is 9.42. The first-order chi connectivity index (χ1) is 14.4. The molecule has 30 heavy (non-hydrogen) atoms. The minimum Gasteiger partial charge on any atom is -0.366 e. The van der Waals surface area contributed by atoms with Crippen LogP contribution in [0.4, 0.5) is 10.1 Å². The Hall–Kier alpha value is -3.13. The van der Waals surface area contributed by atoms with Crippen LogP contribution in [0.3, 0.4) is 0 Å². The van der Waals surface area contributed by atoms with Crippen molar-refractivity contribution in [3.05, 3.63) is 64.5 Å². The van der Waals surface area contributed by atoms with Crippen molar-refractivity contribution in [1.82, 2.24) is 0 Å². The largest absolute Gasteiger partial charge is 0.366 e. The van der Waals surface area contributed by atoms with E-state index in [0.29, 0.717) is 24.1 Å². The molecule has 2 N–H and O–H groups in total. The summed E-state index contributed by atoms with van der Waals surface area (Å²) in [6.45, 7) is 6.24. The van der Waals surface area contributed by atoms with Crippen molar-refractivity contribution in [2.75, 3.05) is 11.4 Å². The summed E-state index contributed by atoms with van der Waals surface area (Å²) in [5.74, 6) is 5.43. The molecule has 0 bridgehead atoms. The summed E-state index contributed by atoms with van der Waals surface area (Å²) in [6, 6.07) is 9.40. The highest BCUT2D eigenvalue weighted by Gasteiger charge is 2.15. The number of amides is 2. The Morgan fingerprint density at radius 1 is 1.00 bits per heavy atom. The van der Waals surface area contributed by atoms with Crippen LogP contribution in [0.15, 0.2) is 36.4 Å². The zero-order valence-corrected chi connectivity index (χ0v) is 17.9. The lowest BCUT2D eigenvalue weighted by atomic mass is 9.92. The van der Waals surface area contributed by atoms with E-state index in [4.69, 9.17) is 5.73 Å². The Morgan fingerprint density at radius 3 is 2.23 bits per heavy atom. The van der Waals surface area contributed by atoms with Gasteiger partial charge in [-0.05, 0) is 66.8 Å². The van der Waals surface area contributed by atoms with E-state index in [9.17, 15) is 14.0 Å². The third-order valence-corrected chi connectivity index (χ3v) is 5.05. The number of nitrogens with zero attached hydrogens (tertiary/aromatic N) is 1. The summed E-state index contributed by atoms with van der Waals surface area (Å²) >= 11 is 0. The molecule has 158 valence electrons. The van der Waals surface area contributed by atoms with Crippen molar-refractivity contribution < 1.29 is 14.0 Å². The highest BCUT2D eigenvalue weighted by atomic mass is 19.1. The molecule has 0 atom stereocenters. The van der Waals surface area contributed by atoms with E-state index in [1.54, 1.807) is 23.1 Å². The molecule has 0 saturated heterocycles. The van der Waals surface area contributed by atoms with E-state index in [0.717, 1.165) is 36.0 Å². The summed E-state index contributed by atoms with van der Waals surface area (Å²) in [4.78, 5) is 26.0. The molecule has 2 rings (SSSR count). The maximum absolute atomic E-state index is 13.3. The lowest BCUT2D eigenvalue weighted by Gasteiger charge is -2.20. The maximum Gasteiger partial charge on any atom is 0.248 e. The van der Waals surface area contributed by atoms with Gasteiger partial charge >= 0.3 is 0 Å². The topological polar surface area (TPSA) is 63.4 Å². The smallest absolute Gasteiger partial charge is 0.248 e. The van der Waals surface area contributed by atoms with Crippen molar-refractivity contribution in [3.63, 3.8) is 0 Å². The molecule has 2 aromatic rings. The Bertz CT molecular complexity index is 956. The number of primary amides is 1. The minimum absolute atomic E-state index is 0.0354. The van der Waals surface area contributed by atoms with Crippen LogP contribution in [0, 0.1) is 17.7 Å². The third kappa shape index (κ3) is 5.70. The molecule has 4 nitrogen and oxygen atoms in total. The Morgan fingerprint density at radius 2 is 1.67 bits per heavy atom. The average Bonchev–Trinajstić information content (AvgIpc) is 2.75. The van der Waals surface area contributed by atoms with E-state index < -0.39 is 5.91 Å². The second-order valence-corrected chi connectivity index (χ2v) is 7.05. The van der Waals surface area contributed by atoms with Gasteiger partial charge in [-0.15, -0.1) is 0 Å². The van der Waals surface area contributed by atoms with Crippen LogP contribution in [0.25, 0.3) is 0 Å². The third-order valence-electron chi connectivity index (χ3n) is 5.05. The Kier molecular flexibility index (Phi) is 8.61. The van der Waals surface area contributed by atoms with Crippen LogP contribution >= 0.6 is 0 Å². The van der Waals surface area contributed by atoms with Crippen molar-refractivity contribution in [1.29, 1.82) is 0 Å². The monoisotopic (exact) mass is 408 g/mol. The number of anilines is 1. The molecular weight excluding hydrogens is 379 g/mol. The number of nitrogens with two attached hydrogens (primary N) is 1. The van der Waals surface area contributed by atoms with Crippen LogP contribution in [0.5, 0.6) is 0 Å². The van der Waals surface area contributed by atoms with E-state index in [-0.39, 0.29) is 18.3 Å². The lowest BCUT2D eigenvalue weighted by molar-refractivity contribution is -0.118. The van der Waals surface area contributed by atoms with Crippen molar-refractivity contribution in [3.8, 4) is 11.8 Å². The number of benzene rings is 2. The van der Waals surface area contributed by atoms with Gasteiger partial charge in [-0.1, -0.05) is 39.0 Å². The van der Waals surface area contributed by atoms with Gasteiger partial charge < -0.3 is 10.6 Å². The minimum atomic E-state index is -0.440. The molecule has 0 aliphatic heterocycles. The lowest BCUT2D eigenvalue weighted by Crippen LogP contribution is -2.31. The second kappa shape index (κ2) is 11.2. The van der Waals surface area contributed by atoms with Gasteiger partial charge in [0.05, 0.1) is 6.54 Å². The van der Waals surface area contributed by atoms with Crippen LogP contribution in [0.2, 0.25) is 0 Å². The zero-order chi connectivity index (χ0) is 22.1. The molecule has 0 heterocycles. The summed E-state index contributed by atoms with van der Waals surface area (Å²) < 4.78 is 13.3. The molecule has 0 unspecified atom stereocenters. The molecule has 2 amide bonds. The van der Waals surface area contributed by atoms with Crippen LogP contribution in [-0.2, 0) is 17.6 Å². The number of carbonyl (C=O) groups excluding carboxylic acids is 2. The molecule has 2 aromatic carbocycles. The first-order valence-corrected chi connectivity index (χ1v) is 10.4. The van der Waals surface area contributed by atoms with E-state index in [2.05, 4.69) is 11.8 Å². The van der Waals surface area contributed by atoms with Gasteiger partial charge in [-0.25, -0.2) is 4.39 Å². The van der Waals surface area contributed by atoms with Gasteiger partial charge in [-0.2, -0.15) is 0 Å². The molecule has 0 fully saturated rings. The zero-order valence-electron chi connectivity index (χ0n) is 17.9. The van der Waals surface area contributed by atoms with Gasteiger partial charge in [0.25, 0.3) is 0 Å². The molecule has 0 aliphatic rings. The van der Waals surface area contributed by atoms with E-state index in [1.165, 1.54) is 12.1 Å². The van der Waals surface area contributed by atoms with Crippen LogP contribution in [0.1, 0.15) is 67.1 Å². The highest BCUT2D eigenvalue weighted by molar-refractivity contribution is 5.95. The average molecular weight is 409 g/mol. The molecule has 0 saturated carbocycles. The van der Waals surface area contributed by atoms with Crippen LogP contribution < -0.4 is 10.6 Å². The quantitative estimate of drug-likeness (QED) is 0.648. The predicted molar refractivity (Wildman–Crippen MR) is 119 cm³/mol. The van der Waals surface area contributed by atoms with Crippen molar-refractivity contribution in [2.45, 2.75) is 52.9 Å². The maximum atomic E-state index is 13.3. The second-order valence-electron chi connectivity index (χ2n) is 7.05. The van der Waals surface area contributed by atoms with Crippen molar-refractivity contribution in [2.24, 2.45) is 5.73 Å². The number of unbranched alkanes of at least 4 members (excludes halogenated alkanes) is 1. The number of hydrogen-bond acceptors (Lipinski definition) is 2. The SMILES string of the molecule is CCCCC(=O)N(CC#Cc1ccc(C(N)=O)c(CC)c1CC)c1ccc(F)cc1. The standard InChI is InChI=1S/C25H29FN2O2/c1-4-7-10-24(29)28(20-14-12-19(26)13-15-20)17-8-9-18-11-16-23(25(27)30)22(6-3)21(18)5-2/h11-16H,4-7,10,17H2,1-3H3,(H2,27,30). The fourth-order valence-corrected chi connectivity index (χ4v) is 3.47. The molecule has 5 heteroatoms. The molecule has 0 radical (unpaired) electrons. The normalized spacial score (nSPS) is 10.3. The number of halogens is 1. The molecular formula is C25H29FN2O2.